The number of para-hydroxylation sites is 1. The number of hydrazone groups is 1. The van der Waals surface area contributed by atoms with E-state index in [1.165, 1.54) is 6.21 Å². The highest BCUT2D eigenvalue weighted by atomic mass is 35.5. The van der Waals surface area contributed by atoms with Crippen LogP contribution in [0.25, 0.3) is 0 Å². The summed E-state index contributed by atoms with van der Waals surface area (Å²) >= 11 is 5.91. The summed E-state index contributed by atoms with van der Waals surface area (Å²) in [5.41, 5.74) is 4.32. The first-order valence-electron chi connectivity index (χ1n) is 10.9. The largest absolute Gasteiger partial charge is 0.494 e. The third-order valence-corrected chi connectivity index (χ3v) is 4.93. The summed E-state index contributed by atoms with van der Waals surface area (Å²) in [4.78, 5) is 24.2. The highest BCUT2D eigenvalue weighted by molar-refractivity contribution is 6.39. The van der Waals surface area contributed by atoms with E-state index in [4.69, 9.17) is 21.1 Å². The van der Waals surface area contributed by atoms with Crippen LogP contribution < -0.4 is 20.2 Å². The first-order valence-corrected chi connectivity index (χ1v) is 11.3. The van der Waals surface area contributed by atoms with Crippen molar-refractivity contribution >= 4 is 35.3 Å². The van der Waals surface area contributed by atoms with Crippen molar-refractivity contribution in [2.75, 3.05) is 11.9 Å². The molecule has 0 saturated carbocycles. The molecule has 0 radical (unpaired) electrons. The lowest BCUT2D eigenvalue weighted by atomic mass is 10.2. The summed E-state index contributed by atoms with van der Waals surface area (Å²) in [5, 5.41) is 7.07. The van der Waals surface area contributed by atoms with E-state index in [0.717, 1.165) is 18.4 Å². The molecule has 3 rings (SSSR count). The Morgan fingerprint density at radius 2 is 1.68 bits per heavy atom. The van der Waals surface area contributed by atoms with Gasteiger partial charge < -0.3 is 14.8 Å². The smallest absolute Gasteiger partial charge is 0.329 e. The zero-order chi connectivity index (χ0) is 24.2. The van der Waals surface area contributed by atoms with Crippen LogP contribution in [0.4, 0.5) is 5.69 Å². The molecule has 3 aromatic rings. The van der Waals surface area contributed by atoms with E-state index in [0.29, 0.717) is 41.0 Å². The molecule has 3 aromatic carbocycles. The van der Waals surface area contributed by atoms with E-state index in [1.54, 1.807) is 48.5 Å². The van der Waals surface area contributed by atoms with E-state index in [9.17, 15) is 9.59 Å². The number of nitrogens with one attached hydrogen (secondary N) is 2. The van der Waals surface area contributed by atoms with Crippen molar-refractivity contribution in [1.82, 2.24) is 5.43 Å². The van der Waals surface area contributed by atoms with Gasteiger partial charge in [-0.2, -0.15) is 5.10 Å². The first-order chi connectivity index (χ1) is 16.5. The molecular weight excluding hydrogens is 454 g/mol. The standard InChI is InChI=1S/C26H26ClN3O4/c1-2-3-16-33-23-14-12-22(13-15-23)29-25(31)26(32)30-28-17-20-6-4-5-7-24(20)34-18-19-8-10-21(27)11-9-19/h4-15,17H,2-3,16,18H2,1H3,(H,29,31)(H,30,32)/b28-17-. The molecule has 0 heterocycles. The second-order valence-corrected chi connectivity index (χ2v) is 7.77. The predicted molar refractivity (Wildman–Crippen MR) is 133 cm³/mol. The Kier molecular flexibility index (Phi) is 9.49. The van der Waals surface area contributed by atoms with Crippen molar-refractivity contribution in [3.8, 4) is 11.5 Å². The lowest BCUT2D eigenvalue weighted by molar-refractivity contribution is -0.136. The first kappa shape index (κ1) is 24.8. The molecule has 2 amide bonds. The number of anilines is 1. The fourth-order valence-corrected chi connectivity index (χ4v) is 2.95. The Morgan fingerprint density at radius 1 is 0.941 bits per heavy atom. The van der Waals surface area contributed by atoms with Gasteiger partial charge in [-0.15, -0.1) is 0 Å². The van der Waals surface area contributed by atoms with E-state index in [1.807, 2.05) is 24.3 Å². The summed E-state index contributed by atoms with van der Waals surface area (Å²) < 4.78 is 11.4. The number of hydrogen-bond acceptors (Lipinski definition) is 5. The average molecular weight is 480 g/mol. The van der Waals surface area contributed by atoms with Gasteiger partial charge in [0.15, 0.2) is 0 Å². The SMILES string of the molecule is CCCCOc1ccc(NC(=O)C(=O)N/N=C\c2ccccc2OCc2ccc(Cl)cc2)cc1. The number of unbranched alkanes of at least 4 members (excludes halogenated alkanes) is 1. The molecule has 0 aliphatic rings. The van der Waals surface area contributed by atoms with Crippen LogP contribution >= 0.6 is 11.6 Å². The van der Waals surface area contributed by atoms with Crippen molar-refractivity contribution in [3.05, 3.63) is 88.9 Å². The molecule has 2 N–H and O–H groups in total. The Balaban J connectivity index is 1.50. The summed E-state index contributed by atoms with van der Waals surface area (Å²) in [6, 6.07) is 21.4. The molecule has 0 aromatic heterocycles. The third kappa shape index (κ3) is 7.94. The van der Waals surface area contributed by atoms with Crippen LogP contribution in [-0.2, 0) is 16.2 Å². The maximum atomic E-state index is 12.1. The van der Waals surface area contributed by atoms with Gasteiger partial charge in [-0.05, 0) is 60.5 Å². The third-order valence-electron chi connectivity index (χ3n) is 4.68. The summed E-state index contributed by atoms with van der Waals surface area (Å²) in [6.07, 6.45) is 3.44. The van der Waals surface area contributed by atoms with Crippen LogP contribution in [0.3, 0.4) is 0 Å². The van der Waals surface area contributed by atoms with Crippen LogP contribution in [0.15, 0.2) is 77.9 Å². The Hall–Kier alpha value is -3.84. The molecule has 0 saturated heterocycles. The van der Waals surface area contributed by atoms with Crippen LogP contribution in [0.1, 0.15) is 30.9 Å². The van der Waals surface area contributed by atoms with Gasteiger partial charge in [0.1, 0.15) is 18.1 Å². The maximum absolute atomic E-state index is 12.1. The lowest BCUT2D eigenvalue weighted by Gasteiger charge is -2.09. The number of ether oxygens (including phenoxy) is 2. The van der Waals surface area contributed by atoms with Gasteiger partial charge in [-0.25, -0.2) is 5.43 Å². The van der Waals surface area contributed by atoms with Gasteiger partial charge in [0.2, 0.25) is 0 Å². The summed E-state index contributed by atoms with van der Waals surface area (Å²) in [5.74, 6) is -0.429. The molecule has 0 fully saturated rings. The molecule has 8 heteroatoms. The number of carbonyl (C=O) groups excluding carboxylic acids is 2. The van der Waals surface area contributed by atoms with Crippen molar-refractivity contribution < 1.29 is 19.1 Å². The second kappa shape index (κ2) is 13.0. The molecule has 0 unspecified atom stereocenters. The van der Waals surface area contributed by atoms with E-state index in [-0.39, 0.29) is 0 Å². The lowest BCUT2D eigenvalue weighted by Crippen LogP contribution is -2.32. The number of halogens is 1. The molecule has 34 heavy (non-hydrogen) atoms. The van der Waals surface area contributed by atoms with Gasteiger partial charge >= 0.3 is 11.8 Å². The highest BCUT2D eigenvalue weighted by Crippen LogP contribution is 2.19. The second-order valence-electron chi connectivity index (χ2n) is 7.33. The minimum Gasteiger partial charge on any atom is -0.494 e. The molecule has 0 aliphatic carbocycles. The van der Waals surface area contributed by atoms with E-state index in [2.05, 4.69) is 22.8 Å². The summed E-state index contributed by atoms with van der Waals surface area (Å²) in [6.45, 7) is 3.07. The van der Waals surface area contributed by atoms with Gasteiger partial charge in [-0.1, -0.05) is 49.2 Å². The minimum absolute atomic E-state index is 0.346. The zero-order valence-corrected chi connectivity index (χ0v) is 19.5. The normalized spacial score (nSPS) is 10.6. The van der Waals surface area contributed by atoms with Crippen molar-refractivity contribution in [2.24, 2.45) is 5.10 Å². The van der Waals surface area contributed by atoms with Crippen molar-refractivity contribution in [1.29, 1.82) is 0 Å². The van der Waals surface area contributed by atoms with Crippen LogP contribution in [0, 0.1) is 0 Å². The van der Waals surface area contributed by atoms with E-state index < -0.39 is 11.8 Å². The Morgan fingerprint density at radius 3 is 2.41 bits per heavy atom. The molecular formula is C26H26ClN3O4. The predicted octanol–water partition coefficient (Wildman–Crippen LogP) is 5.19. The Labute approximate surface area is 203 Å². The maximum Gasteiger partial charge on any atom is 0.329 e. The van der Waals surface area contributed by atoms with Crippen LogP contribution in [0.5, 0.6) is 11.5 Å². The molecule has 0 aliphatic heterocycles. The van der Waals surface area contributed by atoms with Gasteiger partial charge in [0.05, 0.1) is 12.8 Å². The van der Waals surface area contributed by atoms with Crippen LogP contribution in [0.2, 0.25) is 5.02 Å². The van der Waals surface area contributed by atoms with Crippen molar-refractivity contribution in [3.63, 3.8) is 0 Å². The van der Waals surface area contributed by atoms with Gasteiger partial charge in [0, 0.05) is 16.3 Å². The topological polar surface area (TPSA) is 89.0 Å². The number of benzene rings is 3. The van der Waals surface area contributed by atoms with E-state index >= 15 is 0 Å². The number of rotatable bonds is 10. The monoisotopic (exact) mass is 479 g/mol. The molecule has 7 nitrogen and oxygen atoms in total. The molecule has 0 spiro atoms. The number of amides is 2. The summed E-state index contributed by atoms with van der Waals surface area (Å²) in [7, 11) is 0. The average Bonchev–Trinajstić information content (AvgIpc) is 2.85. The highest BCUT2D eigenvalue weighted by Gasteiger charge is 2.13. The quantitative estimate of drug-likeness (QED) is 0.181. The van der Waals surface area contributed by atoms with Crippen molar-refractivity contribution in [2.45, 2.75) is 26.4 Å². The van der Waals surface area contributed by atoms with Gasteiger partial charge in [0.25, 0.3) is 0 Å². The molecule has 0 bridgehead atoms. The van der Waals surface area contributed by atoms with Gasteiger partial charge in [-0.3, -0.25) is 9.59 Å². The number of hydrogen-bond donors (Lipinski definition) is 2. The zero-order valence-electron chi connectivity index (χ0n) is 18.8. The molecule has 176 valence electrons. The fourth-order valence-electron chi connectivity index (χ4n) is 2.83. The van der Waals surface area contributed by atoms with Crippen LogP contribution in [-0.4, -0.2) is 24.6 Å². The fraction of sp³-hybridized carbons (Fsp3) is 0.192. The minimum atomic E-state index is -0.890. The molecule has 0 atom stereocenters. The number of carbonyl (C=O) groups is 2. The Bertz CT molecular complexity index is 1120. The number of nitrogens with zero attached hydrogens (tertiary/aromatic N) is 1.